The fourth-order valence-corrected chi connectivity index (χ4v) is 3.21. The van der Waals surface area contributed by atoms with E-state index in [2.05, 4.69) is 19.7 Å². The van der Waals surface area contributed by atoms with Gasteiger partial charge in [0.05, 0.1) is 24.3 Å². The lowest BCUT2D eigenvalue weighted by Gasteiger charge is -2.08. The van der Waals surface area contributed by atoms with Gasteiger partial charge in [0, 0.05) is 12.5 Å². The van der Waals surface area contributed by atoms with Crippen molar-refractivity contribution in [3.8, 4) is 16.9 Å². The Labute approximate surface area is 227 Å². The first-order valence-corrected chi connectivity index (χ1v) is 12.0. The number of carbonyl (C=O) groups is 3. The minimum atomic E-state index is -0.617. The van der Waals surface area contributed by atoms with Gasteiger partial charge >= 0.3 is 17.9 Å². The van der Waals surface area contributed by atoms with Crippen molar-refractivity contribution in [1.82, 2.24) is 0 Å². The Kier molecular flexibility index (Phi) is 10.6. The van der Waals surface area contributed by atoms with E-state index in [1.807, 2.05) is 42.5 Å². The summed E-state index contributed by atoms with van der Waals surface area (Å²) >= 11 is 0. The Morgan fingerprint density at radius 3 is 1.72 bits per heavy atom. The van der Waals surface area contributed by atoms with Gasteiger partial charge < -0.3 is 18.9 Å². The largest absolute Gasteiger partial charge is 0.493 e. The fourth-order valence-electron chi connectivity index (χ4n) is 3.21. The average molecular weight is 525 g/mol. The van der Waals surface area contributed by atoms with Gasteiger partial charge in [-0.15, -0.1) is 0 Å². The van der Waals surface area contributed by atoms with Gasteiger partial charge in [-0.25, -0.2) is 14.4 Å². The van der Waals surface area contributed by atoms with E-state index in [-0.39, 0.29) is 18.1 Å². The topological polar surface area (TPSA) is 88.1 Å². The van der Waals surface area contributed by atoms with Crippen molar-refractivity contribution < 1.29 is 33.3 Å². The predicted molar refractivity (Wildman–Crippen MR) is 148 cm³/mol. The first-order valence-electron chi connectivity index (χ1n) is 12.0. The van der Waals surface area contributed by atoms with Crippen molar-refractivity contribution in [1.29, 1.82) is 0 Å². The van der Waals surface area contributed by atoms with Crippen LogP contribution in [0.2, 0.25) is 0 Å². The highest BCUT2D eigenvalue weighted by Crippen LogP contribution is 2.20. The van der Waals surface area contributed by atoms with Gasteiger partial charge in [-0.3, -0.25) is 0 Å². The van der Waals surface area contributed by atoms with Crippen molar-refractivity contribution in [3.05, 3.63) is 139 Å². The van der Waals surface area contributed by atoms with Gasteiger partial charge in [0.1, 0.15) is 17.3 Å². The minimum Gasteiger partial charge on any atom is -0.493 e. The van der Waals surface area contributed by atoms with Crippen molar-refractivity contribution in [3.63, 3.8) is 0 Å². The Hall–Kier alpha value is -5.17. The summed E-state index contributed by atoms with van der Waals surface area (Å²) in [6.45, 7) is 11.3. The Balaban J connectivity index is 1.42. The van der Waals surface area contributed by atoms with E-state index in [9.17, 15) is 14.4 Å². The molecule has 0 aliphatic rings. The average Bonchev–Trinajstić information content (AvgIpc) is 2.96. The second kappa shape index (κ2) is 14.5. The van der Waals surface area contributed by atoms with Crippen LogP contribution in [0.1, 0.15) is 27.1 Å². The van der Waals surface area contributed by atoms with Crippen LogP contribution in [0, 0.1) is 0 Å². The number of allylic oxidation sites excluding steroid dienone is 2. The van der Waals surface area contributed by atoms with E-state index < -0.39 is 17.9 Å². The molecule has 7 nitrogen and oxygen atoms in total. The van der Waals surface area contributed by atoms with Crippen molar-refractivity contribution in [2.24, 2.45) is 0 Å². The van der Waals surface area contributed by atoms with Gasteiger partial charge in [0.15, 0.2) is 0 Å². The van der Waals surface area contributed by atoms with E-state index in [1.54, 1.807) is 36.4 Å². The number of esters is 3. The second-order valence-corrected chi connectivity index (χ2v) is 8.09. The number of hydrogen-bond donors (Lipinski definition) is 0. The molecule has 3 aromatic rings. The molecule has 0 heterocycles. The summed E-state index contributed by atoms with van der Waals surface area (Å²) in [6, 6.07) is 23.2. The molecule has 3 aromatic carbocycles. The van der Waals surface area contributed by atoms with Crippen LogP contribution in [0.4, 0.5) is 0 Å². The van der Waals surface area contributed by atoms with Crippen LogP contribution in [-0.2, 0) is 19.0 Å². The summed E-state index contributed by atoms with van der Waals surface area (Å²) in [6.07, 6.45) is 4.37. The molecule has 0 aliphatic carbocycles. The molecule has 0 unspecified atom stereocenters. The molecule has 0 spiro atoms. The minimum absolute atomic E-state index is 0.0406. The smallest absolute Gasteiger partial charge is 0.343 e. The van der Waals surface area contributed by atoms with Crippen molar-refractivity contribution >= 4 is 17.9 Å². The third-order valence-corrected chi connectivity index (χ3v) is 5.19. The van der Waals surface area contributed by atoms with E-state index in [0.29, 0.717) is 29.9 Å². The number of carbonyl (C=O) groups excluding carboxylic acids is 3. The summed E-state index contributed by atoms with van der Waals surface area (Å²) in [5.41, 5.74) is 2.69. The first kappa shape index (κ1) is 28.4. The van der Waals surface area contributed by atoms with E-state index in [0.717, 1.165) is 17.2 Å². The van der Waals surface area contributed by atoms with Gasteiger partial charge in [-0.1, -0.05) is 62.2 Å². The fraction of sp³-hybridized carbons (Fsp3) is 0.0938. The molecule has 0 N–H and O–H groups in total. The zero-order valence-corrected chi connectivity index (χ0v) is 21.3. The van der Waals surface area contributed by atoms with Gasteiger partial charge in [0.25, 0.3) is 0 Å². The van der Waals surface area contributed by atoms with Crippen LogP contribution >= 0.6 is 0 Å². The molecule has 3 rings (SSSR count). The lowest BCUT2D eigenvalue weighted by atomic mass is 10.0. The van der Waals surface area contributed by atoms with Crippen LogP contribution in [0.15, 0.2) is 128 Å². The quantitative estimate of drug-likeness (QED) is 0.0634. The molecule has 7 heteroatoms. The van der Waals surface area contributed by atoms with Crippen LogP contribution in [-0.4, -0.2) is 31.1 Å². The molecule has 39 heavy (non-hydrogen) atoms. The SMILES string of the molecule is C=CC(=O)OCCCOc1ccc(C(=O)OC(=C)/C=C\C(=C)OC(=O)c2ccc(-c3ccccc3)cc2)cc1. The number of hydrogen-bond acceptors (Lipinski definition) is 7. The predicted octanol–water partition coefficient (Wildman–Crippen LogP) is 6.45. The molecular weight excluding hydrogens is 496 g/mol. The van der Waals surface area contributed by atoms with E-state index in [4.69, 9.17) is 18.9 Å². The van der Waals surface area contributed by atoms with Crippen molar-refractivity contribution in [2.75, 3.05) is 13.2 Å². The van der Waals surface area contributed by atoms with Gasteiger partial charge in [-0.05, 0) is 59.7 Å². The third-order valence-electron chi connectivity index (χ3n) is 5.19. The second-order valence-electron chi connectivity index (χ2n) is 8.09. The van der Waals surface area contributed by atoms with Gasteiger partial charge in [-0.2, -0.15) is 0 Å². The molecule has 0 bridgehead atoms. The summed E-state index contributed by atoms with van der Waals surface area (Å²) in [7, 11) is 0. The maximum atomic E-state index is 12.4. The monoisotopic (exact) mass is 524 g/mol. The lowest BCUT2D eigenvalue weighted by molar-refractivity contribution is -0.137. The third kappa shape index (κ3) is 9.33. The Morgan fingerprint density at radius 1 is 0.667 bits per heavy atom. The zero-order valence-electron chi connectivity index (χ0n) is 21.3. The first-order chi connectivity index (χ1) is 18.9. The summed E-state index contributed by atoms with van der Waals surface area (Å²) < 4.78 is 20.9. The van der Waals surface area contributed by atoms with Gasteiger partial charge in [0.2, 0.25) is 0 Å². The van der Waals surface area contributed by atoms with Crippen molar-refractivity contribution in [2.45, 2.75) is 6.42 Å². The molecule has 0 radical (unpaired) electrons. The van der Waals surface area contributed by atoms with E-state index >= 15 is 0 Å². The summed E-state index contributed by atoms with van der Waals surface area (Å²) in [5.74, 6) is -1.01. The zero-order chi connectivity index (χ0) is 28.0. The molecular formula is C32H28O7. The molecule has 0 aliphatic heterocycles. The standard InChI is InChI=1S/C32H28O7/c1-4-30(33)37-22-8-21-36-29-19-17-28(18-20-29)32(35)39-24(3)12-11-23(2)38-31(34)27-15-13-26(14-16-27)25-9-6-5-7-10-25/h4-7,9-20H,1-3,8,21-22H2/b12-11-. The highest BCUT2D eigenvalue weighted by atomic mass is 16.5. The summed E-state index contributed by atoms with van der Waals surface area (Å²) in [4.78, 5) is 35.8. The summed E-state index contributed by atoms with van der Waals surface area (Å²) in [5, 5.41) is 0. The van der Waals surface area contributed by atoms with Crippen LogP contribution in [0.5, 0.6) is 5.75 Å². The lowest BCUT2D eigenvalue weighted by Crippen LogP contribution is -2.07. The number of benzene rings is 3. The number of rotatable bonds is 13. The Bertz CT molecular complexity index is 1350. The molecule has 0 fully saturated rings. The molecule has 0 saturated heterocycles. The number of ether oxygens (including phenoxy) is 4. The highest BCUT2D eigenvalue weighted by Gasteiger charge is 2.11. The molecule has 0 amide bonds. The maximum absolute atomic E-state index is 12.4. The normalized spacial score (nSPS) is 10.4. The molecule has 198 valence electrons. The Morgan fingerprint density at radius 2 is 1.18 bits per heavy atom. The highest BCUT2D eigenvalue weighted by molar-refractivity contribution is 5.91. The molecule has 0 saturated carbocycles. The molecule has 0 aromatic heterocycles. The maximum Gasteiger partial charge on any atom is 0.343 e. The van der Waals surface area contributed by atoms with Crippen LogP contribution in [0.3, 0.4) is 0 Å². The van der Waals surface area contributed by atoms with E-state index in [1.165, 1.54) is 12.2 Å². The van der Waals surface area contributed by atoms with Crippen LogP contribution < -0.4 is 4.74 Å². The van der Waals surface area contributed by atoms with Crippen LogP contribution in [0.25, 0.3) is 11.1 Å². The molecule has 0 atom stereocenters.